The third-order valence-electron chi connectivity index (χ3n) is 5.52. The van der Waals surface area contributed by atoms with Crippen molar-refractivity contribution in [2.75, 3.05) is 6.54 Å². The van der Waals surface area contributed by atoms with Crippen LogP contribution >= 0.6 is 7.52 Å². The van der Waals surface area contributed by atoms with Gasteiger partial charge < -0.3 is 4.52 Å². The second kappa shape index (κ2) is 7.80. The van der Waals surface area contributed by atoms with E-state index in [2.05, 4.69) is 19.1 Å². The van der Waals surface area contributed by atoms with Gasteiger partial charge in [-0.3, -0.25) is 9.36 Å². The van der Waals surface area contributed by atoms with Crippen molar-refractivity contribution < 1.29 is 13.9 Å². The Labute approximate surface area is 157 Å². The van der Waals surface area contributed by atoms with Crippen molar-refractivity contribution >= 4 is 13.3 Å². The highest BCUT2D eigenvalue weighted by Gasteiger charge is 2.43. The number of hydrogen-bond donors (Lipinski definition) is 0. The topological polar surface area (TPSA) is 46.6 Å². The molecule has 3 atom stereocenters. The van der Waals surface area contributed by atoms with E-state index >= 15 is 0 Å². The Morgan fingerprint density at radius 3 is 2.73 bits per heavy atom. The molecule has 1 aliphatic carbocycles. The summed E-state index contributed by atoms with van der Waals surface area (Å²) in [5.41, 5.74) is 0.752. The average molecular weight is 375 g/mol. The molecule has 0 aromatic heterocycles. The molecule has 0 N–H and O–H groups in total. The summed E-state index contributed by atoms with van der Waals surface area (Å²) in [6.45, 7) is 6.85. The van der Waals surface area contributed by atoms with Gasteiger partial charge in [-0.1, -0.05) is 36.4 Å². The van der Waals surface area contributed by atoms with Crippen LogP contribution in [0.1, 0.15) is 64.5 Å². The zero-order valence-corrected chi connectivity index (χ0v) is 17.0. The van der Waals surface area contributed by atoms with Gasteiger partial charge in [-0.2, -0.15) is 0 Å². The summed E-state index contributed by atoms with van der Waals surface area (Å²) in [4.78, 5) is 11.5. The largest absolute Gasteiger partial charge is 0.308 e. The average Bonchev–Trinajstić information content (AvgIpc) is 2.99. The number of carbonyl (C=O) groups is 1. The van der Waals surface area contributed by atoms with Gasteiger partial charge in [0.15, 0.2) is 0 Å². The van der Waals surface area contributed by atoms with Crippen molar-refractivity contribution in [3.8, 4) is 0 Å². The van der Waals surface area contributed by atoms with E-state index in [0.717, 1.165) is 31.4 Å². The number of hydrogen-bond acceptors (Lipinski definition) is 3. The third-order valence-corrected chi connectivity index (χ3v) is 8.12. The predicted octanol–water partition coefficient (Wildman–Crippen LogP) is 5.71. The van der Waals surface area contributed by atoms with Crippen LogP contribution in [0.25, 0.3) is 0 Å². The van der Waals surface area contributed by atoms with E-state index in [1.165, 1.54) is 0 Å². The lowest BCUT2D eigenvalue weighted by Gasteiger charge is -2.44. The smallest absolute Gasteiger partial charge is 0.295 e. The molecule has 5 heteroatoms. The van der Waals surface area contributed by atoms with Crippen LogP contribution in [-0.2, 0) is 13.9 Å². The lowest BCUT2D eigenvalue weighted by atomic mass is 10.0. The van der Waals surface area contributed by atoms with Crippen LogP contribution in [0.15, 0.2) is 42.2 Å². The van der Waals surface area contributed by atoms with Gasteiger partial charge >= 0.3 is 0 Å². The molecule has 1 heterocycles. The van der Waals surface area contributed by atoms with Crippen LogP contribution in [0.3, 0.4) is 0 Å². The quantitative estimate of drug-likeness (QED) is 0.618. The molecule has 1 aromatic carbocycles. The molecule has 26 heavy (non-hydrogen) atoms. The fraction of sp³-hybridized carbons (Fsp3) is 0.571. The Kier molecular flexibility index (Phi) is 5.86. The summed E-state index contributed by atoms with van der Waals surface area (Å²) in [5.74, 6) is 2.53. The maximum atomic E-state index is 13.8. The Balaban J connectivity index is 1.78. The highest BCUT2D eigenvalue weighted by atomic mass is 31.2. The minimum atomic E-state index is -3.07. The van der Waals surface area contributed by atoms with E-state index in [1.807, 2.05) is 42.8 Å². The van der Waals surface area contributed by atoms with Crippen LogP contribution in [0.5, 0.6) is 0 Å². The first-order chi connectivity index (χ1) is 12.3. The van der Waals surface area contributed by atoms with Crippen molar-refractivity contribution in [3.63, 3.8) is 0 Å². The minimum absolute atomic E-state index is 0.0239. The summed E-state index contributed by atoms with van der Waals surface area (Å²) in [6, 6.07) is 10.2. The fourth-order valence-electron chi connectivity index (χ4n) is 3.91. The number of allylic oxidation sites excluding steroid dienone is 1. The van der Waals surface area contributed by atoms with E-state index in [1.54, 1.807) is 5.82 Å². The molecule has 0 radical (unpaired) electrons. The van der Waals surface area contributed by atoms with Gasteiger partial charge in [-0.05, 0) is 51.5 Å². The van der Waals surface area contributed by atoms with Crippen LogP contribution in [-0.4, -0.2) is 22.6 Å². The van der Waals surface area contributed by atoms with E-state index in [9.17, 15) is 9.36 Å². The summed E-state index contributed by atoms with van der Waals surface area (Å²) in [7, 11) is -3.07. The fourth-order valence-corrected chi connectivity index (χ4v) is 6.43. The summed E-state index contributed by atoms with van der Waals surface area (Å²) < 4.78 is 21.9. The molecule has 0 unspecified atom stereocenters. The third kappa shape index (κ3) is 4.54. The summed E-state index contributed by atoms with van der Waals surface area (Å²) in [6.07, 6.45) is 5.92. The van der Waals surface area contributed by atoms with Gasteiger partial charge in [0.05, 0.1) is 5.60 Å². The highest BCUT2D eigenvalue weighted by Crippen LogP contribution is 2.61. The molecule has 1 aromatic rings. The maximum Gasteiger partial charge on any atom is 0.295 e. The van der Waals surface area contributed by atoms with Crippen molar-refractivity contribution in [2.45, 2.75) is 64.5 Å². The SMILES string of the molecule is C[C@@H](c1ccccc1)N1CCC(C)(C)O[P@]1(=O)/C=C/C[C@@H]1CCC(=O)C1. The minimum Gasteiger partial charge on any atom is -0.308 e. The molecule has 1 aliphatic heterocycles. The molecule has 3 rings (SSSR count). The second-order valence-electron chi connectivity index (χ2n) is 8.18. The monoisotopic (exact) mass is 375 g/mol. The van der Waals surface area contributed by atoms with Crippen molar-refractivity contribution in [3.05, 3.63) is 47.8 Å². The lowest BCUT2D eigenvalue weighted by molar-refractivity contribution is -0.117. The standard InChI is InChI=1S/C21H30NO3P/c1-17(19-9-5-4-6-10-19)22-14-13-21(2,3)25-26(22,24)15-7-8-18-11-12-20(23)16-18/h4-7,9-10,15,17-18H,8,11-14,16H2,1-3H3/b15-7+/t17-,18+,26+/m0/s1. The van der Waals surface area contributed by atoms with Crippen LogP contribution in [0.4, 0.5) is 0 Å². The maximum absolute atomic E-state index is 13.8. The number of Topliss-reactive ketones (excluding diaryl/α,β-unsaturated/α-hetero) is 1. The van der Waals surface area contributed by atoms with Gasteiger partial charge in [0.2, 0.25) is 0 Å². The molecule has 0 bridgehead atoms. The van der Waals surface area contributed by atoms with Crippen LogP contribution < -0.4 is 0 Å². The first-order valence-corrected chi connectivity index (χ1v) is 11.3. The molecule has 0 amide bonds. The lowest BCUT2D eigenvalue weighted by Crippen LogP contribution is -2.39. The molecule has 1 saturated heterocycles. The predicted molar refractivity (Wildman–Crippen MR) is 105 cm³/mol. The van der Waals surface area contributed by atoms with Crippen molar-refractivity contribution in [2.24, 2.45) is 5.92 Å². The first-order valence-electron chi connectivity index (χ1n) is 9.61. The zero-order chi connectivity index (χ0) is 18.8. The highest BCUT2D eigenvalue weighted by molar-refractivity contribution is 7.59. The second-order valence-corrected chi connectivity index (χ2v) is 10.3. The van der Waals surface area contributed by atoms with E-state index < -0.39 is 13.1 Å². The number of nitrogens with zero attached hydrogens (tertiary/aromatic N) is 1. The molecule has 2 fully saturated rings. The normalized spacial score (nSPS) is 30.7. The number of rotatable bonds is 5. The first kappa shape index (κ1) is 19.5. The van der Waals surface area contributed by atoms with Gasteiger partial charge in [-0.25, -0.2) is 4.67 Å². The van der Waals surface area contributed by atoms with Crippen molar-refractivity contribution in [1.29, 1.82) is 0 Å². The molecular weight excluding hydrogens is 345 g/mol. The van der Waals surface area contributed by atoms with E-state index in [0.29, 0.717) is 24.5 Å². The van der Waals surface area contributed by atoms with Crippen LogP contribution in [0.2, 0.25) is 0 Å². The Hall–Kier alpha value is -1.22. The van der Waals surface area contributed by atoms with Gasteiger partial charge in [0, 0.05) is 31.2 Å². The van der Waals surface area contributed by atoms with E-state index in [4.69, 9.17) is 4.52 Å². The summed E-state index contributed by atoms with van der Waals surface area (Å²) >= 11 is 0. The number of carbonyl (C=O) groups excluding carboxylic acids is 1. The van der Waals surface area contributed by atoms with Gasteiger partial charge in [-0.15, -0.1) is 0 Å². The Bertz CT molecular complexity index is 713. The zero-order valence-electron chi connectivity index (χ0n) is 16.1. The summed E-state index contributed by atoms with van der Waals surface area (Å²) in [5, 5.41) is 0. The van der Waals surface area contributed by atoms with Crippen LogP contribution in [0, 0.1) is 5.92 Å². The number of ketones is 1. The Morgan fingerprint density at radius 2 is 2.08 bits per heavy atom. The Morgan fingerprint density at radius 1 is 1.35 bits per heavy atom. The molecule has 4 nitrogen and oxygen atoms in total. The molecule has 2 aliphatic rings. The van der Waals surface area contributed by atoms with Gasteiger partial charge in [0.1, 0.15) is 5.78 Å². The molecule has 0 spiro atoms. The number of benzene rings is 1. The molecular formula is C21H30NO3P. The van der Waals surface area contributed by atoms with Crippen molar-refractivity contribution in [1.82, 2.24) is 4.67 Å². The van der Waals surface area contributed by atoms with Gasteiger partial charge in [0.25, 0.3) is 7.52 Å². The molecule has 142 valence electrons. The van der Waals surface area contributed by atoms with E-state index in [-0.39, 0.29) is 6.04 Å². The molecule has 1 saturated carbocycles.